The van der Waals surface area contributed by atoms with Crippen molar-refractivity contribution in [2.45, 2.75) is 13.5 Å². The van der Waals surface area contributed by atoms with Gasteiger partial charge in [0.15, 0.2) is 5.69 Å². The number of aliphatic hydroxyl groups excluding tert-OH is 1. The van der Waals surface area contributed by atoms with Crippen LogP contribution in [0.4, 0.5) is 0 Å². The number of aromatic nitrogens is 2. The van der Waals surface area contributed by atoms with Gasteiger partial charge in [0.1, 0.15) is 0 Å². The Labute approximate surface area is 75.6 Å². The van der Waals surface area contributed by atoms with Crippen LogP contribution in [0, 0.1) is 5.92 Å². The van der Waals surface area contributed by atoms with Crippen molar-refractivity contribution in [3.8, 4) is 0 Å². The molecule has 0 aliphatic heterocycles. The van der Waals surface area contributed by atoms with Gasteiger partial charge < -0.3 is 10.2 Å². The Kier molecular flexibility index (Phi) is 3.02. The highest BCUT2D eigenvalue weighted by molar-refractivity contribution is 5.84. The quantitative estimate of drug-likeness (QED) is 0.701. The molecule has 0 aromatic carbocycles. The molecule has 1 aromatic heterocycles. The Morgan fingerprint density at radius 1 is 1.77 bits per heavy atom. The zero-order valence-corrected chi connectivity index (χ0v) is 7.34. The fourth-order valence-electron chi connectivity index (χ4n) is 0.954. The predicted molar refractivity (Wildman–Crippen MR) is 45.4 cm³/mol. The van der Waals surface area contributed by atoms with Gasteiger partial charge in [-0.3, -0.25) is 4.68 Å². The van der Waals surface area contributed by atoms with Crippen molar-refractivity contribution in [2.75, 3.05) is 6.61 Å². The molecule has 0 saturated heterocycles. The number of aromatic carboxylic acids is 1. The number of carboxylic acid groups (broad SMARTS) is 1. The lowest BCUT2D eigenvalue weighted by Crippen LogP contribution is -2.12. The molecule has 0 radical (unpaired) electrons. The van der Waals surface area contributed by atoms with Crippen LogP contribution in [0.25, 0.3) is 0 Å². The lowest BCUT2D eigenvalue weighted by atomic mass is 10.2. The lowest BCUT2D eigenvalue weighted by molar-refractivity contribution is 0.0689. The largest absolute Gasteiger partial charge is 0.476 e. The van der Waals surface area contributed by atoms with Crippen molar-refractivity contribution in [2.24, 2.45) is 5.92 Å². The highest BCUT2D eigenvalue weighted by Crippen LogP contribution is 2.00. The van der Waals surface area contributed by atoms with Crippen LogP contribution < -0.4 is 0 Å². The van der Waals surface area contributed by atoms with Crippen molar-refractivity contribution in [1.82, 2.24) is 9.78 Å². The molecule has 0 bridgehead atoms. The number of carbonyl (C=O) groups is 1. The molecule has 0 spiro atoms. The van der Waals surface area contributed by atoms with E-state index in [1.807, 2.05) is 6.92 Å². The van der Waals surface area contributed by atoms with Gasteiger partial charge in [-0.1, -0.05) is 6.92 Å². The first kappa shape index (κ1) is 9.73. The second-order valence-corrected chi connectivity index (χ2v) is 3.02. The molecule has 5 heteroatoms. The maximum atomic E-state index is 10.4. The normalized spacial score (nSPS) is 12.8. The zero-order chi connectivity index (χ0) is 9.84. The minimum absolute atomic E-state index is 0.0325. The average molecular weight is 184 g/mol. The van der Waals surface area contributed by atoms with Gasteiger partial charge in [-0.2, -0.15) is 5.10 Å². The van der Waals surface area contributed by atoms with Crippen LogP contribution in [0.5, 0.6) is 0 Å². The molecule has 1 heterocycles. The molecule has 0 amide bonds. The molecular formula is C8H12N2O3. The third kappa shape index (κ3) is 2.55. The predicted octanol–water partition coefficient (Wildman–Crippen LogP) is 0.210. The van der Waals surface area contributed by atoms with E-state index in [4.69, 9.17) is 10.2 Å². The number of hydrogen-bond donors (Lipinski definition) is 2. The lowest BCUT2D eigenvalue weighted by Gasteiger charge is -2.06. The van der Waals surface area contributed by atoms with Gasteiger partial charge >= 0.3 is 5.97 Å². The third-order valence-corrected chi connectivity index (χ3v) is 1.67. The van der Waals surface area contributed by atoms with Gasteiger partial charge in [0.25, 0.3) is 0 Å². The molecule has 5 nitrogen and oxygen atoms in total. The standard InChI is InChI=1S/C8H12N2O3/c1-6(5-11)4-10-3-2-7(9-10)8(12)13/h2-3,6,11H,4-5H2,1H3,(H,12,13). The van der Waals surface area contributed by atoms with E-state index in [0.29, 0.717) is 6.54 Å². The summed E-state index contributed by atoms with van der Waals surface area (Å²) >= 11 is 0. The molecule has 72 valence electrons. The first-order chi connectivity index (χ1) is 6.13. The number of aliphatic hydroxyl groups is 1. The van der Waals surface area contributed by atoms with Gasteiger partial charge in [0.05, 0.1) is 0 Å². The maximum absolute atomic E-state index is 10.4. The van der Waals surface area contributed by atoms with Gasteiger partial charge in [-0.25, -0.2) is 4.79 Å². The van der Waals surface area contributed by atoms with Crippen LogP contribution in [0.2, 0.25) is 0 Å². The summed E-state index contributed by atoms with van der Waals surface area (Å²) in [5, 5.41) is 21.1. The smallest absolute Gasteiger partial charge is 0.356 e. The van der Waals surface area contributed by atoms with Gasteiger partial charge in [0.2, 0.25) is 0 Å². The van der Waals surface area contributed by atoms with Crippen molar-refractivity contribution in [1.29, 1.82) is 0 Å². The highest BCUT2D eigenvalue weighted by atomic mass is 16.4. The Bertz CT molecular complexity index is 295. The minimum Gasteiger partial charge on any atom is -0.476 e. The Hall–Kier alpha value is -1.36. The SMILES string of the molecule is CC(CO)Cn1ccc(C(=O)O)n1. The van der Waals surface area contributed by atoms with Crippen molar-refractivity contribution < 1.29 is 15.0 Å². The van der Waals surface area contributed by atoms with Crippen LogP contribution >= 0.6 is 0 Å². The maximum Gasteiger partial charge on any atom is 0.356 e. The zero-order valence-electron chi connectivity index (χ0n) is 7.34. The van der Waals surface area contributed by atoms with E-state index in [0.717, 1.165) is 0 Å². The van der Waals surface area contributed by atoms with E-state index < -0.39 is 5.97 Å². The second kappa shape index (κ2) is 4.04. The summed E-state index contributed by atoms with van der Waals surface area (Å²) in [6, 6.07) is 1.44. The fraction of sp³-hybridized carbons (Fsp3) is 0.500. The van der Waals surface area contributed by atoms with Crippen molar-refractivity contribution in [3.63, 3.8) is 0 Å². The van der Waals surface area contributed by atoms with E-state index in [-0.39, 0.29) is 18.2 Å². The highest BCUT2D eigenvalue weighted by Gasteiger charge is 2.08. The van der Waals surface area contributed by atoms with E-state index in [1.54, 1.807) is 6.20 Å². The van der Waals surface area contributed by atoms with Crippen molar-refractivity contribution >= 4 is 5.97 Å². The Balaban J connectivity index is 2.64. The average Bonchev–Trinajstić information content (AvgIpc) is 2.52. The van der Waals surface area contributed by atoms with E-state index >= 15 is 0 Å². The number of rotatable bonds is 4. The van der Waals surface area contributed by atoms with Gasteiger partial charge in [-0.05, 0) is 12.0 Å². The second-order valence-electron chi connectivity index (χ2n) is 3.02. The van der Waals surface area contributed by atoms with Crippen LogP contribution in [0.3, 0.4) is 0 Å². The molecule has 0 aliphatic rings. The number of hydrogen-bond acceptors (Lipinski definition) is 3. The van der Waals surface area contributed by atoms with Crippen LogP contribution in [-0.2, 0) is 6.54 Å². The summed E-state index contributed by atoms with van der Waals surface area (Å²) in [6.45, 7) is 2.47. The number of carboxylic acids is 1. The van der Waals surface area contributed by atoms with Gasteiger partial charge in [0, 0.05) is 19.3 Å². The van der Waals surface area contributed by atoms with E-state index in [1.165, 1.54) is 10.7 Å². The van der Waals surface area contributed by atoms with Gasteiger partial charge in [-0.15, -0.1) is 0 Å². The summed E-state index contributed by atoms with van der Waals surface area (Å²) in [5.74, 6) is -0.947. The molecule has 1 rings (SSSR count). The molecule has 1 aromatic rings. The molecule has 0 saturated carbocycles. The molecule has 1 unspecified atom stereocenters. The first-order valence-electron chi connectivity index (χ1n) is 4.01. The van der Waals surface area contributed by atoms with Crippen molar-refractivity contribution in [3.05, 3.63) is 18.0 Å². The molecule has 0 fully saturated rings. The summed E-state index contributed by atoms with van der Waals surface area (Å²) in [4.78, 5) is 10.4. The van der Waals surface area contributed by atoms with Crippen LogP contribution in [0.15, 0.2) is 12.3 Å². The summed E-state index contributed by atoms with van der Waals surface area (Å²) in [5.41, 5.74) is 0.0325. The van der Waals surface area contributed by atoms with E-state index in [2.05, 4.69) is 5.10 Å². The minimum atomic E-state index is -1.03. The molecule has 2 N–H and O–H groups in total. The fourth-order valence-corrected chi connectivity index (χ4v) is 0.954. The molecular weight excluding hydrogens is 172 g/mol. The monoisotopic (exact) mass is 184 g/mol. The summed E-state index contributed by atoms with van der Waals surface area (Å²) in [6.07, 6.45) is 1.59. The van der Waals surface area contributed by atoms with E-state index in [9.17, 15) is 4.79 Å². The summed E-state index contributed by atoms with van der Waals surface area (Å²) < 4.78 is 1.52. The van der Waals surface area contributed by atoms with Crippen LogP contribution in [0.1, 0.15) is 17.4 Å². The third-order valence-electron chi connectivity index (χ3n) is 1.67. The molecule has 0 aliphatic carbocycles. The first-order valence-corrected chi connectivity index (χ1v) is 4.01. The molecule has 1 atom stereocenters. The Morgan fingerprint density at radius 2 is 2.46 bits per heavy atom. The summed E-state index contributed by atoms with van der Waals surface area (Å²) in [7, 11) is 0. The van der Waals surface area contributed by atoms with Crippen LogP contribution in [-0.4, -0.2) is 32.6 Å². The molecule has 13 heavy (non-hydrogen) atoms. The number of nitrogens with zero attached hydrogens (tertiary/aromatic N) is 2. The topological polar surface area (TPSA) is 75.4 Å². The Morgan fingerprint density at radius 3 is 2.92 bits per heavy atom.